The van der Waals surface area contributed by atoms with Crippen molar-refractivity contribution in [1.82, 2.24) is 4.98 Å². The number of pyridine rings is 1. The number of hydrogen-bond acceptors (Lipinski definition) is 4. The number of hydrazine groups is 1. The average molecular weight is 236 g/mol. The predicted molar refractivity (Wildman–Crippen MR) is 69.7 cm³/mol. The fraction of sp³-hybridized carbons (Fsp3) is 0.143. The van der Waals surface area contributed by atoms with Gasteiger partial charge in [-0.1, -0.05) is 17.7 Å². The van der Waals surface area contributed by atoms with Gasteiger partial charge in [0.15, 0.2) is 5.82 Å². The number of anilines is 1. The Labute approximate surface area is 105 Å². The maximum Gasteiger partial charge on any atom is 0.158 e. The number of nitrogens with one attached hydrogen (secondary N) is 1. The molecule has 2 aromatic rings. The molecule has 1 aliphatic rings. The minimum absolute atomic E-state index is 0.436. The summed E-state index contributed by atoms with van der Waals surface area (Å²) >= 11 is 0. The van der Waals surface area contributed by atoms with E-state index in [0.717, 1.165) is 23.2 Å². The van der Waals surface area contributed by atoms with Crippen LogP contribution in [0.1, 0.15) is 22.3 Å². The third kappa shape index (κ3) is 1.45. The molecule has 0 radical (unpaired) electrons. The highest BCUT2D eigenvalue weighted by Gasteiger charge is 2.22. The van der Waals surface area contributed by atoms with Gasteiger partial charge in [-0.15, -0.1) is 0 Å². The van der Waals surface area contributed by atoms with Crippen molar-refractivity contribution in [2.24, 2.45) is 5.84 Å². The first-order valence-corrected chi connectivity index (χ1v) is 5.73. The second kappa shape index (κ2) is 3.83. The Kier molecular flexibility index (Phi) is 2.29. The Morgan fingerprint density at radius 3 is 2.89 bits per heavy atom. The zero-order valence-corrected chi connectivity index (χ0v) is 9.99. The molecular formula is C14H12N4. The Morgan fingerprint density at radius 2 is 2.17 bits per heavy atom. The number of aromatic nitrogens is 1. The Bertz CT molecular complexity index is 683. The van der Waals surface area contributed by atoms with Gasteiger partial charge in [-0.05, 0) is 30.2 Å². The van der Waals surface area contributed by atoms with Crippen molar-refractivity contribution in [3.63, 3.8) is 0 Å². The molecule has 0 bridgehead atoms. The minimum atomic E-state index is 0.436. The third-order valence-corrected chi connectivity index (χ3v) is 3.26. The summed E-state index contributed by atoms with van der Waals surface area (Å²) in [6.45, 7) is 2.06. The van der Waals surface area contributed by atoms with Crippen LogP contribution in [0.4, 0.5) is 5.82 Å². The molecule has 0 unspecified atom stereocenters. The Balaban J connectivity index is 2.24. The summed E-state index contributed by atoms with van der Waals surface area (Å²) in [6.07, 6.45) is 0.831. The second-order valence-corrected chi connectivity index (χ2v) is 4.49. The number of benzene rings is 1. The van der Waals surface area contributed by atoms with Gasteiger partial charge in [-0.2, -0.15) is 5.26 Å². The molecule has 4 nitrogen and oxygen atoms in total. The van der Waals surface area contributed by atoms with Gasteiger partial charge >= 0.3 is 0 Å². The van der Waals surface area contributed by atoms with Crippen molar-refractivity contribution in [2.45, 2.75) is 13.3 Å². The van der Waals surface area contributed by atoms with E-state index in [0.29, 0.717) is 11.4 Å². The minimum Gasteiger partial charge on any atom is -0.307 e. The fourth-order valence-corrected chi connectivity index (χ4v) is 2.39. The highest BCUT2D eigenvalue weighted by atomic mass is 15.3. The number of rotatable bonds is 1. The van der Waals surface area contributed by atoms with Gasteiger partial charge in [0.2, 0.25) is 0 Å². The van der Waals surface area contributed by atoms with Crippen LogP contribution in [0.25, 0.3) is 11.3 Å². The smallest absolute Gasteiger partial charge is 0.158 e. The van der Waals surface area contributed by atoms with Crippen LogP contribution in [0.3, 0.4) is 0 Å². The monoisotopic (exact) mass is 236 g/mol. The number of nitrogens with zero attached hydrogens (tertiary/aromatic N) is 2. The molecule has 1 aromatic carbocycles. The zero-order valence-electron chi connectivity index (χ0n) is 9.99. The summed E-state index contributed by atoms with van der Waals surface area (Å²) in [6, 6.07) is 10.3. The molecule has 1 heterocycles. The van der Waals surface area contributed by atoms with Crippen LogP contribution < -0.4 is 11.3 Å². The molecule has 3 N–H and O–H groups in total. The van der Waals surface area contributed by atoms with Crippen LogP contribution in [0, 0.1) is 18.3 Å². The molecule has 1 aromatic heterocycles. The van der Waals surface area contributed by atoms with Gasteiger partial charge in [0.25, 0.3) is 0 Å². The van der Waals surface area contributed by atoms with E-state index >= 15 is 0 Å². The van der Waals surface area contributed by atoms with E-state index in [1.54, 1.807) is 0 Å². The van der Waals surface area contributed by atoms with Crippen LogP contribution in [0.2, 0.25) is 0 Å². The molecule has 0 atom stereocenters. The maximum atomic E-state index is 9.06. The number of hydrogen-bond donors (Lipinski definition) is 2. The Morgan fingerprint density at radius 1 is 1.33 bits per heavy atom. The molecule has 88 valence electrons. The molecule has 3 rings (SSSR count). The van der Waals surface area contributed by atoms with E-state index in [9.17, 15) is 0 Å². The van der Waals surface area contributed by atoms with Crippen LogP contribution in [-0.4, -0.2) is 4.98 Å². The maximum absolute atomic E-state index is 9.06. The van der Waals surface area contributed by atoms with Gasteiger partial charge in [0, 0.05) is 12.0 Å². The molecule has 0 spiro atoms. The summed E-state index contributed by atoms with van der Waals surface area (Å²) in [4.78, 5) is 4.47. The van der Waals surface area contributed by atoms with Crippen LogP contribution in [0.5, 0.6) is 0 Å². The van der Waals surface area contributed by atoms with E-state index in [-0.39, 0.29) is 0 Å². The van der Waals surface area contributed by atoms with E-state index in [4.69, 9.17) is 11.1 Å². The molecule has 0 fully saturated rings. The molecule has 18 heavy (non-hydrogen) atoms. The Hall–Kier alpha value is -2.38. The van der Waals surface area contributed by atoms with Crippen molar-refractivity contribution in [2.75, 3.05) is 5.43 Å². The van der Waals surface area contributed by atoms with Crippen molar-refractivity contribution < 1.29 is 0 Å². The summed E-state index contributed by atoms with van der Waals surface area (Å²) in [5, 5.41) is 9.06. The van der Waals surface area contributed by atoms with Gasteiger partial charge in [-0.25, -0.2) is 10.8 Å². The number of fused-ring (bicyclic) bond motifs is 3. The molecule has 1 aliphatic carbocycles. The lowest BCUT2D eigenvalue weighted by Gasteiger charge is -2.06. The van der Waals surface area contributed by atoms with E-state index in [2.05, 4.69) is 41.6 Å². The van der Waals surface area contributed by atoms with Crippen LogP contribution in [-0.2, 0) is 6.42 Å². The molecule has 0 saturated carbocycles. The normalized spacial score (nSPS) is 11.6. The number of nitrogens with two attached hydrogens (primary N) is 1. The van der Waals surface area contributed by atoms with Gasteiger partial charge < -0.3 is 5.43 Å². The van der Waals surface area contributed by atoms with Gasteiger partial charge in [0.1, 0.15) is 6.07 Å². The first-order valence-electron chi connectivity index (χ1n) is 5.73. The summed E-state index contributed by atoms with van der Waals surface area (Å²) in [7, 11) is 0. The highest BCUT2D eigenvalue weighted by Crippen LogP contribution is 2.37. The van der Waals surface area contributed by atoms with Crippen LogP contribution in [0.15, 0.2) is 24.3 Å². The van der Waals surface area contributed by atoms with Crippen LogP contribution >= 0.6 is 0 Å². The summed E-state index contributed by atoms with van der Waals surface area (Å²) < 4.78 is 0. The molecule has 0 amide bonds. The lowest BCUT2D eigenvalue weighted by atomic mass is 10.1. The lowest BCUT2D eigenvalue weighted by Crippen LogP contribution is -2.11. The average Bonchev–Trinajstić information content (AvgIpc) is 2.74. The number of nitriles is 1. The van der Waals surface area contributed by atoms with E-state index in [1.165, 1.54) is 11.1 Å². The molecule has 0 saturated heterocycles. The SMILES string of the molecule is Cc1ccc2c(c1)-c1nc(NN)c(C#N)cc1C2. The first kappa shape index (κ1) is 10.8. The fourth-order valence-electron chi connectivity index (χ4n) is 2.39. The summed E-state index contributed by atoms with van der Waals surface area (Å²) in [5.74, 6) is 5.84. The topological polar surface area (TPSA) is 74.7 Å². The summed E-state index contributed by atoms with van der Waals surface area (Å²) in [5.41, 5.74) is 8.59. The first-order chi connectivity index (χ1) is 8.72. The predicted octanol–water partition coefficient (Wildman–Crippen LogP) is 2.12. The number of nitrogen functional groups attached to an aromatic ring is 1. The van der Waals surface area contributed by atoms with E-state index in [1.807, 2.05) is 6.07 Å². The quantitative estimate of drug-likeness (QED) is 0.501. The standard InChI is InChI=1S/C14H12N4/c1-8-2-3-9-5-10-6-11(7-15)14(18-16)17-13(10)12(9)4-8/h2-4,6H,5,16H2,1H3,(H,17,18). The van der Waals surface area contributed by atoms with Crippen molar-refractivity contribution in [3.8, 4) is 17.3 Å². The third-order valence-electron chi connectivity index (χ3n) is 3.26. The zero-order chi connectivity index (χ0) is 12.7. The second-order valence-electron chi connectivity index (χ2n) is 4.49. The van der Waals surface area contributed by atoms with Crippen molar-refractivity contribution in [3.05, 3.63) is 46.5 Å². The molecule has 4 heteroatoms. The van der Waals surface area contributed by atoms with Gasteiger partial charge in [-0.3, -0.25) is 0 Å². The molecular weight excluding hydrogens is 224 g/mol. The largest absolute Gasteiger partial charge is 0.307 e. The molecule has 0 aliphatic heterocycles. The lowest BCUT2D eigenvalue weighted by molar-refractivity contribution is 1.18. The number of aryl methyl sites for hydroxylation is 1. The highest BCUT2D eigenvalue weighted by molar-refractivity contribution is 5.76. The van der Waals surface area contributed by atoms with Crippen molar-refractivity contribution >= 4 is 5.82 Å². The van der Waals surface area contributed by atoms with Crippen molar-refractivity contribution in [1.29, 1.82) is 5.26 Å². The van der Waals surface area contributed by atoms with E-state index < -0.39 is 0 Å². The van der Waals surface area contributed by atoms with Gasteiger partial charge in [0.05, 0.1) is 11.3 Å².